The number of benzene rings is 2. The number of thioether (sulfide) groups is 1. The molecule has 0 saturated carbocycles. The standard InChI is InChI=1S/C25H26N2OS/c1-3-4-5-9-16-29-25-23(18-26)22(19-12-14-21(28-2)15-13-19)17-24(27-25)20-10-7-6-8-11-20/h6-8,10-15,17H,3-5,9,16H2,1-2H3. The third kappa shape index (κ3) is 5.40. The Balaban J connectivity index is 2.02. The van der Waals surface area contributed by atoms with E-state index in [1.807, 2.05) is 48.5 Å². The van der Waals surface area contributed by atoms with Crippen LogP contribution < -0.4 is 4.74 Å². The molecule has 0 aliphatic heterocycles. The molecule has 3 aromatic rings. The summed E-state index contributed by atoms with van der Waals surface area (Å²) in [4.78, 5) is 4.87. The van der Waals surface area contributed by atoms with Crippen LogP contribution in [0.5, 0.6) is 5.75 Å². The molecule has 0 bridgehead atoms. The van der Waals surface area contributed by atoms with E-state index in [0.29, 0.717) is 5.56 Å². The Kier molecular flexibility index (Phi) is 7.72. The highest BCUT2D eigenvalue weighted by Gasteiger charge is 2.16. The Bertz CT molecular complexity index is 963. The zero-order chi connectivity index (χ0) is 20.5. The minimum atomic E-state index is 0.648. The third-order valence-corrected chi connectivity index (χ3v) is 5.87. The fraction of sp³-hybridized carbons (Fsp3) is 0.280. The van der Waals surface area contributed by atoms with Gasteiger partial charge in [0.1, 0.15) is 16.8 Å². The van der Waals surface area contributed by atoms with Crippen molar-refractivity contribution in [3.8, 4) is 34.2 Å². The zero-order valence-electron chi connectivity index (χ0n) is 17.0. The van der Waals surface area contributed by atoms with Crippen LogP contribution in [0.1, 0.15) is 38.2 Å². The Hall–Kier alpha value is -2.77. The summed E-state index contributed by atoms with van der Waals surface area (Å²) in [6.07, 6.45) is 4.82. The van der Waals surface area contributed by atoms with E-state index in [9.17, 15) is 5.26 Å². The van der Waals surface area contributed by atoms with Crippen LogP contribution in [0.3, 0.4) is 0 Å². The smallest absolute Gasteiger partial charge is 0.118 e. The quantitative estimate of drug-likeness (QED) is 0.286. The molecule has 0 saturated heterocycles. The van der Waals surface area contributed by atoms with Gasteiger partial charge >= 0.3 is 0 Å². The lowest BCUT2D eigenvalue weighted by Crippen LogP contribution is -1.97. The van der Waals surface area contributed by atoms with Crippen molar-refractivity contribution in [1.82, 2.24) is 4.98 Å². The second-order valence-electron chi connectivity index (χ2n) is 6.85. The van der Waals surface area contributed by atoms with Crippen LogP contribution in [0.15, 0.2) is 65.7 Å². The topological polar surface area (TPSA) is 45.9 Å². The van der Waals surface area contributed by atoms with Crippen LogP contribution >= 0.6 is 11.8 Å². The van der Waals surface area contributed by atoms with Crippen molar-refractivity contribution in [2.24, 2.45) is 0 Å². The lowest BCUT2D eigenvalue weighted by Gasteiger charge is -2.13. The van der Waals surface area contributed by atoms with E-state index in [1.165, 1.54) is 19.3 Å². The van der Waals surface area contributed by atoms with Gasteiger partial charge in [-0.15, -0.1) is 11.8 Å². The number of aromatic nitrogens is 1. The molecule has 4 heteroatoms. The lowest BCUT2D eigenvalue weighted by molar-refractivity contribution is 0.415. The maximum absolute atomic E-state index is 9.94. The van der Waals surface area contributed by atoms with Crippen LogP contribution in [0.2, 0.25) is 0 Å². The second-order valence-corrected chi connectivity index (χ2v) is 7.93. The van der Waals surface area contributed by atoms with E-state index >= 15 is 0 Å². The molecule has 3 nitrogen and oxygen atoms in total. The van der Waals surface area contributed by atoms with E-state index in [-0.39, 0.29) is 0 Å². The molecule has 0 spiro atoms. The van der Waals surface area contributed by atoms with Gasteiger partial charge in [0.2, 0.25) is 0 Å². The largest absolute Gasteiger partial charge is 0.497 e. The first kappa shape index (κ1) is 21.0. The fourth-order valence-electron chi connectivity index (χ4n) is 3.19. The molecule has 1 aromatic heterocycles. The van der Waals surface area contributed by atoms with Crippen molar-refractivity contribution in [2.45, 2.75) is 37.6 Å². The second kappa shape index (κ2) is 10.7. The molecule has 148 valence electrons. The van der Waals surface area contributed by atoms with Crippen molar-refractivity contribution >= 4 is 11.8 Å². The first-order valence-corrected chi connectivity index (χ1v) is 11.0. The molecule has 0 atom stereocenters. The molecule has 1 heterocycles. The van der Waals surface area contributed by atoms with E-state index in [2.05, 4.69) is 25.1 Å². The van der Waals surface area contributed by atoms with Gasteiger partial charge in [0.25, 0.3) is 0 Å². The van der Waals surface area contributed by atoms with Gasteiger partial charge < -0.3 is 4.74 Å². The highest BCUT2D eigenvalue weighted by atomic mass is 32.2. The SMILES string of the molecule is CCCCCCSc1nc(-c2ccccc2)cc(-c2ccc(OC)cc2)c1C#N. The molecule has 0 fully saturated rings. The van der Waals surface area contributed by atoms with Crippen molar-refractivity contribution in [2.75, 3.05) is 12.9 Å². The molecule has 0 radical (unpaired) electrons. The summed E-state index contributed by atoms with van der Waals surface area (Å²) in [7, 11) is 1.66. The number of nitrogens with zero attached hydrogens (tertiary/aromatic N) is 2. The molecule has 0 amide bonds. The van der Waals surface area contributed by atoms with Gasteiger partial charge in [0.05, 0.1) is 18.4 Å². The normalized spacial score (nSPS) is 10.5. The number of hydrogen-bond acceptors (Lipinski definition) is 4. The van der Waals surface area contributed by atoms with Crippen LogP contribution in [-0.4, -0.2) is 17.8 Å². The molecule has 0 N–H and O–H groups in total. The van der Waals surface area contributed by atoms with Gasteiger partial charge in [0, 0.05) is 11.1 Å². The Labute approximate surface area is 177 Å². The molecule has 0 unspecified atom stereocenters. The zero-order valence-corrected chi connectivity index (χ0v) is 17.8. The van der Waals surface area contributed by atoms with E-state index in [1.54, 1.807) is 18.9 Å². The van der Waals surface area contributed by atoms with Gasteiger partial charge in [-0.1, -0.05) is 68.7 Å². The number of hydrogen-bond donors (Lipinski definition) is 0. The first-order valence-electron chi connectivity index (χ1n) is 10.0. The lowest BCUT2D eigenvalue weighted by atomic mass is 9.99. The number of methoxy groups -OCH3 is 1. The minimum absolute atomic E-state index is 0.648. The Morgan fingerprint density at radius 1 is 0.966 bits per heavy atom. The van der Waals surface area contributed by atoms with Gasteiger partial charge in [-0.2, -0.15) is 5.26 Å². The average molecular weight is 403 g/mol. The molecular weight excluding hydrogens is 376 g/mol. The number of rotatable bonds is 9. The highest BCUT2D eigenvalue weighted by Crippen LogP contribution is 2.35. The number of ether oxygens (including phenoxy) is 1. The van der Waals surface area contributed by atoms with Crippen LogP contribution in [0.25, 0.3) is 22.4 Å². The number of nitriles is 1. The fourth-order valence-corrected chi connectivity index (χ4v) is 4.19. The van der Waals surface area contributed by atoms with Gasteiger partial charge in [-0.25, -0.2) is 4.98 Å². The molecule has 0 aliphatic carbocycles. The first-order chi connectivity index (χ1) is 14.3. The van der Waals surface area contributed by atoms with Gasteiger partial charge in [0.15, 0.2) is 0 Å². The Morgan fingerprint density at radius 3 is 2.38 bits per heavy atom. The van der Waals surface area contributed by atoms with Gasteiger partial charge in [-0.3, -0.25) is 0 Å². The van der Waals surface area contributed by atoms with Crippen molar-refractivity contribution in [3.63, 3.8) is 0 Å². The molecule has 2 aromatic carbocycles. The molecule has 0 aliphatic rings. The number of unbranched alkanes of at least 4 members (excludes halogenated alkanes) is 3. The average Bonchev–Trinajstić information content (AvgIpc) is 2.79. The minimum Gasteiger partial charge on any atom is -0.497 e. The van der Waals surface area contributed by atoms with Crippen molar-refractivity contribution in [3.05, 3.63) is 66.2 Å². The van der Waals surface area contributed by atoms with Crippen molar-refractivity contribution in [1.29, 1.82) is 5.26 Å². The summed E-state index contributed by atoms with van der Waals surface area (Å²) < 4.78 is 5.28. The van der Waals surface area contributed by atoms with Crippen LogP contribution in [0, 0.1) is 11.3 Å². The molecule has 3 rings (SSSR count). The van der Waals surface area contributed by atoms with Crippen LogP contribution in [0.4, 0.5) is 0 Å². The third-order valence-electron chi connectivity index (χ3n) is 4.81. The highest BCUT2D eigenvalue weighted by molar-refractivity contribution is 7.99. The van der Waals surface area contributed by atoms with E-state index < -0.39 is 0 Å². The summed E-state index contributed by atoms with van der Waals surface area (Å²) in [6, 6.07) is 22.4. The summed E-state index contributed by atoms with van der Waals surface area (Å²) in [6.45, 7) is 2.22. The monoisotopic (exact) mass is 402 g/mol. The Morgan fingerprint density at radius 2 is 1.72 bits per heavy atom. The summed E-state index contributed by atoms with van der Waals surface area (Å²) in [5.74, 6) is 1.78. The maximum Gasteiger partial charge on any atom is 0.118 e. The number of pyridine rings is 1. The van der Waals surface area contributed by atoms with Crippen LogP contribution in [-0.2, 0) is 0 Å². The maximum atomic E-state index is 9.94. The molecule has 29 heavy (non-hydrogen) atoms. The summed E-state index contributed by atoms with van der Waals surface area (Å²) in [5, 5.41) is 10.8. The van der Waals surface area contributed by atoms with E-state index in [0.717, 1.165) is 45.3 Å². The van der Waals surface area contributed by atoms with Crippen molar-refractivity contribution < 1.29 is 4.74 Å². The summed E-state index contributed by atoms with van der Waals surface area (Å²) in [5.41, 5.74) is 4.51. The predicted octanol–water partition coefficient (Wildman–Crippen LogP) is 6.97. The molecular formula is C25H26N2OS. The summed E-state index contributed by atoms with van der Waals surface area (Å²) >= 11 is 1.69. The van der Waals surface area contributed by atoms with E-state index in [4.69, 9.17) is 9.72 Å². The van der Waals surface area contributed by atoms with Gasteiger partial charge in [-0.05, 0) is 35.9 Å². The predicted molar refractivity (Wildman–Crippen MR) is 121 cm³/mol.